The van der Waals surface area contributed by atoms with Crippen molar-refractivity contribution in [1.82, 2.24) is 4.90 Å². The normalized spacial score (nSPS) is 15.5. The number of hydrogen-bond acceptors (Lipinski definition) is 2. The highest BCUT2D eigenvalue weighted by molar-refractivity contribution is 9.10. The summed E-state index contributed by atoms with van der Waals surface area (Å²) < 4.78 is 13.3. The van der Waals surface area contributed by atoms with Gasteiger partial charge in [-0.1, -0.05) is 0 Å². The zero-order chi connectivity index (χ0) is 13.8. The third-order valence-corrected chi connectivity index (χ3v) is 3.57. The minimum absolute atomic E-state index is 0.0155. The summed E-state index contributed by atoms with van der Waals surface area (Å²) in [7, 11) is 0. The van der Waals surface area contributed by atoms with Gasteiger partial charge in [-0.25, -0.2) is 4.39 Å². The maximum atomic E-state index is 13.0. The molecule has 1 aliphatic rings. The number of halogens is 2. The zero-order valence-corrected chi connectivity index (χ0v) is 11.9. The lowest BCUT2D eigenvalue weighted by atomic mass is 10.1. The molecule has 0 radical (unpaired) electrons. The first-order valence-electron chi connectivity index (χ1n) is 6.09. The van der Waals surface area contributed by atoms with E-state index < -0.39 is 0 Å². The smallest absolute Gasteiger partial charge is 0.243 e. The maximum Gasteiger partial charge on any atom is 0.243 e. The van der Waals surface area contributed by atoms with Gasteiger partial charge in [0.1, 0.15) is 5.82 Å². The molecule has 1 aromatic carbocycles. The van der Waals surface area contributed by atoms with Crippen molar-refractivity contribution in [2.75, 3.05) is 18.4 Å². The van der Waals surface area contributed by atoms with Gasteiger partial charge in [0.15, 0.2) is 0 Å². The highest BCUT2D eigenvalue weighted by Crippen LogP contribution is 2.20. The van der Waals surface area contributed by atoms with E-state index in [1.54, 1.807) is 4.90 Å². The first-order valence-corrected chi connectivity index (χ1v) is 6.88. The Labute approximate surface area is 119 Å². The predicted octanol–water partition coefficient (Wildman–Crippen LogP) is 2.54. The van der Waals surface area contributed by atoms with E-state index in [0.717, 1.165) is 12.8 Å². The lowest BCUT2D eigenvalue weighted by molar-refractivity contribution is -0.136. The molecule has 1 aromatic rings. The SMILES string of the molecule is O=C(CN1CCCCC1=O)Nc1ccc(F)c(Br)c1. The van der Waals surface area contributed by atoms with E-state index in [4.69, 9.17) is 0 Å². The van der Waals surface area contributed by atoms with Gasteiger partial charge in [-0.05, 0) is 47.0 Å². The summed E-state index contributed by atoms with van der Waals surface area (Å²) in [4.78, 5) is 24.9. The second-order valence-corrected chi connectivity index (χ2v) is 5.30. The summed E-state index contributed by atoms with van der Waals surface area (Å²) in [5.41, 5.74) is 0.503. The molecular weight excluding hydrogens is 315 g/mol. The summed E-state index contributed by atoms with van der Waals surface area (Å²) in [5, 5.41) is 2.65. The third kappa shape index (κ3) is 3.76. The number of nitrogens with zero attached hydrogens (tertiary/aromatic N) is 1. The minimum atomic E-state index is -0.385. The molecular formula is C13H14BrFN2O2. The van der Waals surface area contributed by atoms with Gasteiger partial charge in [-0.3, -0.25) is 9.59 Å². The van der Waals surface area contributed by atoms with Crippen LogP contribution in [0.5, 0.6) is 0 Å². The van der Waals surface area contributed by atoms with Crippen LogP contribution >= 0.6 is 15.9 Å². The van der Waals surface area contributed by atoms with Gasteiger partial charge in [0.2, 0.25) is 11.8 Å². The van der Waals surface area contributed by atoms with Crippen LogP contribution in [0, 0.1) is 5.82 Å². The Hall–Kier alpha value is -1.43. The molecule has 6 heteroatoms. The van der Waals surface area contributed by atoms with Gasteiger partial charge < -0.3 is 10.2 Å². The fraction of sp³-hybridized carbons (Fsp3) is 0.385. The third-order valence-electron chi connectivity index (χ3n) is 2.96. The molecule has 1 heterocycles. The van der Waals surface area contributed by atoms with Crippen LogP contribution in [0.4, 0.5) is 10.1 Å². The molecule has 1 fully saturated rings. The Balaban J connectivity index is 1.93. The topological polar surface area (TPSA) is 49.4 Å². The predicted molar refractivity (Wildman–Crippen MR) is 73.2 cm³/mol. The molecule has 1 N–H and O–H groups in total. The molecule has 0 saturated carbocycles. The summed E-state index contributed by atoms with van der Waals surface area (Å²) >= 11 is 3.05. The van der Waals surface area contributed by atoms with Crippen LogP contribution in [0.1, 0.15) is 19.3 Å². The van der Waals surface area contributed by atoms with Gasteiger partial charge in [-0.15, -0.1) is 0 Å². The number of benzene rings is 1. The van der Waals surface area contributed by atoms with Crippen molar-refractivity contribution in [2.45, 2.75) is 19.3 Å². The molecule has 102 valence electrons. The van der Waals surface area contributed by atoms with Crippen molar-refractivity contribution in [3.05, 3.63) is 28.5 Å². The number of hydrogen-bond donors (Lipinski definition) is 1. The standard InChI is InChI=1S/C13H14BrFN2O2/c14-10-7-9(4-5-11(10)15)16-12(18)8-17-6-2-1-3-13(17)19/h4-5,7H,1-3,6,8H2,(H,16,18). The number of likely N-dealkylation sites (tertiary alicyclic amines) is 1. The molecule has 4 nitrogen and oxygen atoms in total. The van der Waals surface area contributed by atoms with Gasteiger partial charge in [0.25, 0.3) is 0 Å². The first kappa shape index (κ1) is 14.0. The monoisotopic (exact) mass is 328 g/mol. The quantitative estimate of drug-likeness (QED) is 0.926. The Morgan fingerprint density at radius 2 is 2.21 bits per heavy atom. The number of piperidine rings is 1. The van der Waals surface area contributed by atoms with Gasteiger partial charge in [0.05, 0.1) is 11.0 Å². The van der Waals surface area contributed by atoms with Crippen LogP contribution in [-0.4, -0.2) is 29.8 Å². The van der Waals surface area contributed by atoms with E-state index in [-0.39, 0.29) is 24.2 Å². The van der Waals surface area contributed by atoms with Crippen LogP contribution in [0.3, 0.4) is 0 Å². The fourth-order valence-electron chi connectivity index (χ4n) is 1.98. The maximum absolute atomic E-state index is 13.0. The van der Waals surface area contributed by atoms with Crippen LogP contribution in [0.25, 0.3) is 0 Å². The van der Waals surface area contributed by atoms with E-state index in [1.165, 1.54) is 18.2 Å². The average molecular weight is 329 g/mol. The lowest BCUT2D eigenvalue weighted by Crippen LogP contribution is -2.40. The number of carbonyl (C=O) groups is 2. The van der Waals surface area contributed by atoms with E-state index in [1.807, 2.05) is 0 Å². The number of nitrogens with one attached hydrogen (secondary N) is 1. The van der Waals surface area contributed by atoms with Gasteiger partial charge in [-0.2, -0.15) is 0 Å². The number of amides is 2. The van der Waals surface area contributed by atoms with Crippen LogP contribution < -0.4 is 5.32 Å². The summed E-state index contributed by atoms with van der Waals surface area (Å²) in [5.74, 6) is -0.639. The Bertz CT molecular complexity index is 507. The van der Waals surface area contributed by atoms with Crippen molar-refractivity contribution in [3.63, 3.8) is 0 Å². The highest BCUT2D eigenvalue weighted by atomic mass is 79.9. The second kappa shape index (κ2) is 6.14. The molecule has 0 unspecified atom stereocenters. The Morgan fingerprint density at radius 1 is 1.42 bits per heavy atom. The molecule has 1 aliphatic heterocycles. The minimum Gasteiger partial charge on any atom is -0.333 e. The van der Waals surface area contributed by atoms with Gasteiger partial charge >= 0.3 is 0 Å². The lowest BCUT2D eigenvalue weighted by Gasteiger charge is -2.25. The number of rotatable bonds is 3. The Kier molecular flexibility index (Phi) is 4.52. The molecule has 2 rings (SSSR count). The largest absolute Gasteiger partial charge is 0.333 e. The van der Waals surface area contributed by atoms with Crippen molar-refractivity contribution < 1.29 is 14.0 Å². The summed E-state index contributed by atoms with van der Waals surface area (Å²) in [6.45, 7) is 0.674. The zero-order valence-electron chi connectivity index (χ0n) is 10.3. The second-order valence-electron chi connectivity index (χ2n) is 4.45. The van der Waals surface area contributed by atoms with Crippen LogP contribution in [0.2, 0.25) is 0 Å². The van der Waals surface area contributed by atoms with Crippen molar-refractivity contribution >= 4 is 33.4 Å². The van der Waals surface area contributed by atoms with Crippen molar-refractivity contribution in [1.29, 1.82) is 0 Å². The van der Waals surface area contributed by atoms with Crippen molar-refractivity contribution in [2.24, 2.45) is 0 Å². The number of carbonyl (C=O) groups excluding carboxylic acids is 2. The first-order chi connectivity index (χ1) is 9.06. The van der Waals surface area contributed by atoms with E-state index >= 15 is 0 Å². The fourth-order valence-corrected chi connectivity index (χ4v) is 2.36. The van der Waals surface area contributed by atoms with Crippen molar-refractivity contribution in [3.8, 4) is 0 Å². The molecule has 0 spiro atoms. The average Bonchev–Trinajstić information content (AvgIpc) is 2.37. The molecule has 19 heavy (non-hydrogen) atoms. The highest BCUT2D eigenvalue weighted by Gasteiger charge is 2.20. The van der Waals surface area contributed by atoms with Crippen LogP contribution in [0.15, 0.2) is 22.7 Å². The molecule has 0 aliphatic carbocycles. The summed E-state index contributed by atoms with van der Waals surface area (Å²) in [6.07, 6.45) is 2.33. The Morgan fingerprint density at radius 3 is 2.89 bits per heavy atom. The molecule has 2 amide bonds. The van der Waals surface area contributed by atoms with E-state index in [0.29, 0.717) is 23.1 Å². The number of anilines is 1. The van der Waals surface area contributed by atoms with E-state index in [2.05, 4.69) is 21.2 Å². The molecule has 1 saturated heterocycles. The van der Waals surface area contributed by atoms with Gasteiger partial charge in [0, 0.05) is 18.7 Å². The van der Waals surface area contributed by atoms with Crippen LogP contribution in [-0.2, 0) is 9.59 Å². The van der Waals surface area contributed by atoms with E-state index in [9.17, 15) is 14.0 Å². The summed E-state index contributed by atoms with van der Waals surface area (Å²) in [6, 6.07) is 4.24. The molecule has 0 atom stereocenters. The molecule has 0 aromatic heterocycles. The molecule has 0 bridgehead atoms.